The Kier molecular flexibility index (Phi) is 11.5. The van der Waals surface area contributed by atoms with Crippen molar-refractivity contribution in [2.24, 2.45) is 0 Å². The van der Waals surface area contributed by atoms with E-state index in [2.05, 4.69) is 46.5 Å². The molecule has 10 heteroatoms. The molecule has 3 aromatic rings. The summed E-state index contributed by atoms with van der Waals surface area (Å²) in [5, 5.41) is 7.44. The van der Waals surface area contributed by atoms with Crippen molar-refractivity contribution in [3.63, 3.8) is 0 Å². The van der Waals surface area contributed by atoms with E-state index in [9.17, 15) is 13.2 Å². The zero-order valence-corrected chi connectivity index (χ0v) is 25.0. The van der Waals surface area contributed by atoms with Gasteiger partial charge in [0, 0.05) is 22.4 Å². The molecule has 1 saturated carbocycles. The third-order valence-electron chi connectivity index (χ3n) is 6.95. The number of anilines is 2. The fourth-order valence-corrected chi connectivity index (χ4v) is 5.34. The molecule has 0 saturated heterocycles. The Morgan fingerprint density at radius 1 is 1.10 bits per heavy atom. The minimum atomic E-state index is -4.39. The first-order valence-electron chi connectivity index (χ1n) is 13.6. The van der Waals surface area contributed by atoms with E-state index in [0.717, 1.165) is 42.0 Å². The monoisotopic (exact) mass is 575 g/mol. The van der Waals surface area contributed by atoms with Gasteiger partial charge in [-0.25, -0.2) is 0 Å². The molecule has 0 spiro atoms. The second kappa shape index (κ2) is 14.6. The van der Waals surface area contributed by atoms with Gasteiger partial charge in [0.25, 0.3) is 0 Å². The molecule has 218 valence electrons. The average Bonchev–Trinajstić information content (AvgIpc) is 3.29. The highest BCUT2D eigenvalue weighted by Gasteiger charge is 2.30. The number of hydrogen-bond acceptors (Lipinski definition) is 6. The first-order valence-corrected chi connectivity index (χ1v) is 14.8. The Balaban J connectivity index is 0.00000216. The molecule has 0 amide bonds. The van der Waals surface area contributed by atoms with Crippen LogP contribution < -0.4 is 15.4 Å². The van der Waals surface area contributed by atoms with E-state index in [1.165, 1.54) is 10.8 Å². The number of rotatable bonds is 8. The van der Waals surface area contributed by atoms with Crippen molar-refractivity contribution < 1.29 is 17.9 Å². The van der Waals surface area contributed by atoms with Gasteiger partial charge < -0.3 is 24.8 Å². The van der Waals surface area contributed by atoms with Crippen molar-refractivity contribution in [1.82, 2.24) is 14.5 Å². The third kappa shape index (κ3) is 8.24. The van der Waals surface area contributed by atoms with Crippen LogP contribution in [-0.2, 0) is 6.54 Å². The summed E-state index contributed by atoms with van der Waals surface area (Å²) in [6.07, 6.45) is 4.94. The fourth-order valence-electron chi connectivity index (χ4n) is 4.91. The van der Waals surface area contributed by atoms with E-state index in [1.807, 2.05) is 38.3 Å². The van der Waals surface area contributed by atoms with Crippen LogP contribution in [0, 0.1) is 11.8 Å². The van der Waals surface area contributed by atoms with Crippen molar-refractivity contribution in [3.05, 3.63) is 42.4 Å². The highest BCUT2D eigenvalue weighted by Crippen LogP contribution is 2.32. The van der Waals surface area contributed by atoms with Crippen LogP contribution in [-0.4, -0.2) is 66.7 Å². The maximum atomic E-state index is 13.5. The molecule has 2 aromatic heterocycles. The van der Waals surface area contributed by atoms with E-state index < -0.39 is 12.7 Å². The number of pyridine rings is 1. The quantitative estimate of drug-likeness (QED) is 0.221. The minimum Gasteiger partial charge on any atom is -0.495 e. The predicted octanol–water partition coefficient (Wildman–Crippen LogP) is 7.10. The highest BCUT2D eigenvalue weighted by atomic mass is 32.2. The Morgan fingerprint density at radius 3 is 2.45 bits per heavy atom. The van der Waals surface area contributed by atoms with Gasteiger partial charge in [-0.2, -0.15) is 13.2 Å². The lowest BCUT2D eigenvalue weighted by atomic mass is 9.90. The van der Waals surface area contributed by atoms with Gasteiger partial charge in [-0.3, -0.25) is 4.98 Å². The summed E-state index contributed by atoms with van der Waals surface area (Å²) in [6.45, 7) is 3.12. The molecule has 0 unspecified atom stereocenters. The number of methoxy groups -OCH3 is 1. The molecular formula is C30H40F3N5OS. The lowest BCUT2D eigenvalue weighted by Crippen LogP contribution is -2.36. The molecule has 4 rings (SSSR count). The lowest BCUT2D eigenvalue weighted by Gasteiger charge is -2.33. The van der Waals surface area contributed by atoms with Gasteiger partial charge >= 0.3 is 6.18 Å². The van der Waals surface area contributed by atoms with Crippen molar-refractivity contribution in [1.29, 1.82) is 0 Å². The smallest absolute Gasteiger partial charge is 0.406 e. The van der Waals surface area contributed by atoms with Crippen LogP contribution in [0.4, 0.5) is 24.5 Å². The van der Waals surface area contributed by atoms with E-state index in [-0.39, 0.29) is 12.6 Å². The number of aromatic nitrogens is 2. The van der Waals surface area contributed by atoms with Crippen molar-refractivity contribution in [3.8, 4) is 17.6 Å². The van der Waals surface area contributed by atoms with Gasteiger partial charge in [0.1, 0.15) is 12.3 Å². The molecule has 0 aliphatic heterocycles. The third-order valence-corrected chi connectivity index (χ3v) is 7.67. The second-order valence-corrected chi connectivity index (χ2v) is 10.6. The summed E-state index contributed by atoms with van der Waals surface area (Å²) in [6, 6.07) is 8.36. The van der Waals surface area contributed by atoms with Crippen LogP contribution in [0.1, 0.15) is 45.2 Å². The molecule has 1 fully saturated rings. The minimum absolute atomic E-state index is 0.251. The molecule has 2 heterocycles. The van der Waals surface area contributed by atoms with E-state index in [0.29, 0.717) is 28.4 Å². The Bertz CT molecular complexity index is 1300. The number of hydrogen-bond donors (Lipinski definition) is 2. The highest BCUT2D eigenvalue weighted by molar-refractivity contribution is 7.98. The molecular weight excluding hydrogens is 535 g/mol. The van der Waals surface area contributed by atoms with Crippen LogP contribution in [0.2, 0.25) is 0 Å². The summed E-state index contributed by atoms with van der Waals surface area (Å²) in [5.74, 6) is 6.61. The van der Waals surface area contributed by atoms with E-state index in [1.54, 1.807) is 31.1 Å². The molecule has 0 bridgehead atoms. The number of nitrogens with one attached hydrogen (secondary N) is 2. The summed E-state index contributed by atoms with van der Waals surface area (Å²) >= 11 is 1.61. The molecule has 2 N–H and O–H groups in total. The average molecular weight is 576 g/mol. The maximum Gasteiger partial charge on any atom is 0.406 e. The summed E-state index contributed by atoms with van der Waals surface area (Å²) in [7, 11) is 5.80. The molecule has 1 aliphatic rings. The first-order chi connectivity index (χ1) is 19.2. The van der Waals surface area contributed by atoms with Crippen LogP contribution in [0.25, 0.3) is 10.9 Å². The summed E-state index contributed by atoms with van der Waals surface area (Å²) < 4.78 is 47.2. The molecule has 1 aliphatic carbocycles. The SMILES string of the molecule is CC.COc1cc(SC)ccc1NCC#Cc1cc2c(NC3CCC(N(C)C)CC3)cncc2n1CC(F)(F)F. The Morgan fingerprint density at radius 2 is 1.82 bits per heavy atom. The van der Waals surface area contributed by atoms with E-state index >= 15 is 0 Å². The number of alkyl halides is 3. The summed E-state index contributed by atoms with van der Waals surface area (Å²) in [5.41, 5.74) is 2.24. The largest absolute Gasteiger partial charge is 0.495 e. The second-order valence-electron chi connectivity index (χ2n) is 9.69. The summed E-state index contributed by atoms with van der Waals surface area (Å²) in [4.78, 5) is 7.58. The topological polar surface area (TPSA) is 54.4 Å². The Labute approximate surface area is 240 Å². The molecule has 0 radical (unpaired) electrons. The fraction of sp³-hybridized carbons (Fsp3) is 0.500. The number of ether oxygens (including phenoxy) is 1. The molecule has 0 atom stereocenters. The van der Waals surface area contributed by atoms with E-state index in [4.69, 9.17) is 4.74 Å². The number of nitrogens with zero attached hydrogens (tertiary/aromatic N) is 3. The number of fused-ring (bicyclic) bond motifs is 1. The molecule has 40 heavy (non-hydrogen) atoms. The predicted molar refractivity (Wildman–Crippen MR) is 161 cm³/mol. The number of benzene rings is 1. The van der Waals surface area contributed by atoms with Crippen molar-refractivity contribution in [2.45, 2.75) is 69.2 Å². The number of thioether (sulfide) groups is 1. The first kappa shape index (κ1) is 31.5. The molecule has 6 nitrogen and oxygen atoms in total. The van der Waals surface area contributed by atoms with Crippen molar-refractivity contribution >= 4 is 34.0 Å². The standard InChI is InChI=1S/C28H34F3N5OS.C2H6/c1-35(2)20-9-7-19(8-10-20)34-25-16-32-17-26-23(25)14-21(36(26)18-28(29,30)31)6-5-13-33-24-12-11-22(38-4)15-27(24)37-3;1-2/h11-12,14-17,19-20,33-34H,7-10,13,18H2,1-4H3;1-2H3. The van der Waals surface area contributed by atoms with Crippen LogP contribution in [0.3, 0.4) is 0 Å². The number of halogens is 3. The van der Waals surface area contributed by atoms with Crippen LogP contribution in [0.5, 0.6) is 5.75 Å². The van der Waals surface area contributed by atoms with Gasteiger partial charge in [0.05, 0.1) is 48.6 Å². The van der Waals surface area contributed by atoms with Gasteiger partial charge in [-0.05, 0) is 76.2 Å². The zero-order valence-electron chi connectivity index (χ0n) is 24.2. The van der Waals surface area contributed by atoms with Crippen LogP contribution >= 0.6 is 11.8 Å². The molecule has 1 aromatic carbocycles. The Hall–Kier alpha value is -3.03. The maximum absolute atomic E-state index is 13.5. The van der Waals surface area contributed by atoms with Crippen molar-refractivity contribution in [2.75, 3.05) is 44.6 Å². The van der Waals surface area contributed by atoms with Gasteiger partial charge in [0.2, 0.25) is 0 Å². The van der Waals surface area contributed by atoms with Gasteiger partial charge in [-0.1, -0.05) is 19.8 Å². The van der Waals surface area contributed by atoms with Gasteiger partial charge in [0.15, 0.2) is 0 Å². The normalized spacial score (nSPS) is 17.1. The lowest BCUT2D eigenvalue weighted by molar-refractivity contribution is -0.140. The van der Waals surface area contributed by atoms with Crippen LogP contribution in [0.15, 0.2) is 41.6 Å². The van der Waals surface area contributed by atoms with Gasteiger partial charge in [-0.15, -0.1) is 11.8 Å². The zero-order chi connectivity index (χ0) is 29.3.